The van der Waals surface area contributed by atoms with Crippen LogP contribution in [0.1, 0.15) is 19.4 Å². The summed E-state index contributed by atoms with van der Waals surface area (Å²) < 4.78 is 11.0. The van der Waals surface area contributed by atoms with Gasteiger partial charge in [-0.2, -0.15) is 0 Å². The lowest BCUT2D eigenvalue weighted by atomic mass is 10.0. The lowest BCUT2D eigenvalue weighted by Gasteiger charge is -2.21. The molecule has 6 heteroatoms. The lowest BCUT2D eigenvalue weighted by molar-refractivity contribution is -0.120. The Morgan fingerprint density at radius 1 is 0.824 bits per heavy atom. The number of rotatable bonds is 8. The number of carbonyl (C=O) groups excluding carboxylic acids is 2. The smallest absolute Gasteiger partial charge is 0.282 e. The minimum Gasteiger partial charge on any atom is -0.497 e. The molecule has 34 heavy (non-hydrogen) atoms. The van der Waals surface area contributed by atoms with E-state index < -0.39 is 0 Å². The maximum absolute atomic E-state index is 13.7. The van der Waals surface area contributed by atoms with Gasteiger partial charge in [0.05, 0.1) is 25.0 Å². The van der Waals surface area contributed by atoms with Gasteiger partial charge < -0.3 is 14.4 Å². The summed E-state index contributed by atoms with van der Waals surface area (Å²) in [6, 6.07) is 23.7. The first kappa shape index (κ1) is 23.1. The number of carbonyl (C=O) groups is 2. The summed E-state index contributed by atoms with van der Waals surface area (Å²) in [5, 5.41) is 0. The molecule has 0 spiro atoms. The van der Waals surface area contributed by atoms with E-state index in [9.17, 15) is 9.59 Å². The minimum absolute atomic E-state index is 0.322. The lowest BCUT2D eigenvalue weighted by Crippen LogP contribution is -2.34. The number of ether oxygens (including phenoxy) is 2. The van der Waals surface area contributed by atoms with Gasteiger partial charge in [-0.05, 0) is 60.0 Å². The molecule has 1 heterocycles. The largest absolute Gasteiger partial charge is 0.497 e. The van der Waals surface area contributed by atoms with Crippen molar-refractivity contribution in [1.29, 1.82) is 0 Å². The summed E-state index contributed by atoms with van der Waals surface area (Å²) >= 11 is 0. The van der Waals surface area contributed by atoms with E-state index in [1.807, 2.05) is 54.6 Å². The number of nitrogens with zero attached hydrogens (tertiary/aromatic N) is 2. The number of amides is 2. The highest BCUT2D eigenvalue weighted by Crippen LogP contribution is 2.37. The molecule has 0 unspecified atom stereocenters. The number of anilines is 2. The summed E-state index contributed by atoms with van der Waals surface area (Å²) in [5.41, 5.74) is 2.63. The van der Waals surface area contributed by atoms with Crippen molar-refractivity contribution in [3.63, 3.8) is 0 Å². The second-order valence-corrected chi connectivity index (χ2v) is 8.49. The molecule has 1 aliphatic heterocycles. The fraction of sp³-hybridized carbons (Fsp3) is 0.214. The van der Waals surface area contributed by atoms with Crippen molar-refractivity contribution in [2.24, 2.45) is 5.92 Å². The number of likely N-dealkylation sites (N-methyl/N-ethyl adjacent to an activating group) is 1. The maximum atomic E-state index is 13.7. The van der Waals surface area contributed by atoms with Crippen LogP contribution >= 0.6 is 0 Å². The Kier molecular flexibility index (Phi) is 6.68. The predicted octanol–water partition coefficient (Wildman–Crippen LogP) is 5.15. The second-order valence-electron chi connectivity index (χ2n) is 8.49. The molecule has 0 bridgehead atoms. The van der Waals surface area contributed by atoms with E-state index in [1.165, 1.54) is 4.90 Å². The quantitative estimate of drug-likeness (QED) is 0.439. The topological polar surface area (TPSA) is 59.1 Å². The first-order chi connectivity index (χ1) is 16.4. The molecule has 0 saturated heterocycles. The zero-order chi connectivity index (χ0) is 24.2. The molecule has 3 aromatic carbocycles. The molecule has 0 radical (unpaired) electrons. The average molecular weight is 457 g/mol. The van der Waals surface area contributed by atoms with Gasteiger partial charge >= 0.3 is 0 Å². The Morgan fingerprint density at radius 2 is 1.44 bits per heavy atom. The highest BCUT2D eigenvalue weighted by atomic mass is 16.5. The SMILES string of the molecule is COc1ccc(N2C(=O)C(c3ccc(OCC(C)C)cc3)=C(N(C)c3ccccc3)C2=O)cc1. The Balaban J connectivity index is 1.76. The van der Waals surface area contributed by atoms with E-state index in [0.29, 0.717) is 40.8 Å². The molecule has 0 aliphatic carbocycles. The zero-order valence-electron chi connectivity index (χ0n) is 19.8. The Hall–Kier alpha value is -4.06. The van der Waals surface area contributed by atoms with Gasteiger partial charge in [0.2, 0.25) is 0 Å². The summed E-state index contributed by atoms with van der Waals surface area (Å²) in [6.07, 6.45) is 0. The third-order valence-electron chi connectivity index (χ3n) is 5.60. The van der Waals surface area contributed by atoms with E-state index in [1.54, 1.807) is 43.3 Å². The monoisotopic (exact) mass is 456 g/mol. The van der Waals surface area contributed by atoms with E-state index in [4.69, 9.17) is 9.47 Å². The van der Waals surface area contributed by atoms with E-state index in [0.717, 1.165) is 11.4 Å². The van der Waals surface area contributed by atoms with Gasteiger partial charge in [-0.15, -0.1) is 0 Å². The highest BCUT2D eigenvalue weighted by Gasteiger charge is 2.42. The number of hydrogen-bond donors (Lipinski definition) is 0. The Labute approximate surface area is 200 Å². The van der Waals surface area contributed by atoms with Crippen molar-refractivity contribution >= 4 is 28.8 Å². The molecular weight excluding hydrogens is 428 g/mol. The van der Waals surface area contributed by atoms with Crippen LogP contribution in [-0.2, 0) is 9.59 Å². The van der Waals surface area contributed by atoms with Gasteiger partial charge in [-0.3, -0.25) is 9.59 Å². The third-order valence-corrected chi connectivity index (χ3v) is 5.60. The van der Waals surface area contributed by atoms with Crippen LogP contribution in [-0.4, -0.2) is 32.6 Å². The van der Waals surface area contributed by atoms with Gasteiger partial charge in [0.15, 0.2) is 0 Å². The highest BCUT2D eigenvalue weighted by molar-refractivity contribution is 6.46. The van der Waals surface area contributed by atoms with Gasteiger partial charge in [-0.25, -0.2) is 4.90 Å². The number of imide groups is 1. The molecule has 4 rings (SSSR count). The number of methoxy groups -OCH3 is 1. The van der Waals surface area contributed by atoms with Gasteiger partial charge in [-0.1, -0.05) is 44.2 Å². The van der Waals surface area contributed by atoms with Crippen LogP contribution in [0.2, 0.25) is 0 Å². The summed E-state index contributed by atoms with van der Waals surface area (Å²) in [6.45, 7) is 4.77. The molecule has 0 fully saturated rings. The first-order valence-electron chi connectivity index (χ1n) is 11.2. The summed E-state index contributed by atoms with van der Waals surface area (Å²) in [7, 11) is 3.37. The Morgan fingerprint density at radius 3 is 2.03 bits per heavy atom. The van der Waals surface area contributed by atoms with Crippen molar-refractivity contribution in [2.45, 2.75) is 13.8 Å². The first-order valence-corrected chi connectivity index (χ1v) is 11.2. The normalized spacial score (nSPS) is 13.6. The third kappa shape index (κ3) is 4.53. The van der Waals surface area contributed by atoms with Crippen LogP contribution in [0.15, 0.2) is 84.6 Å². The molecule has 1 aliphatic rings. The number of para-hydroxylation sites is 1. The molecule has 0 aromatic heterocycles. The van der Waals surface area contributed by atoms with Crippen molar-refractivity contribution < 1.29 is 19.1 Å². The molecule has 0 saturated carbocycles. The molecule has 6 nitrogen and oxygen atoms in total. The van der Waals surface area contributed by atoms with Crippen LogP contribution in [0.4, 0.5) is 11.4 Å². The minimum atomic E-state index is -0.378. The van der Waals surface area contributed by atoms with Crippen molar-refractivity contribution in [3.05, 3.63) is 90.1 Å². The van der Waals surface area contributed by atoms with Crippen molar-refractivity contribution in [1.82, 2.24) is 0 Å². The molecule has 3 aromatic rings. The fourth-order valence-electron chi connectivity index (χ4n) is 3.82. The summed E-state index contributed by atoms with van der Waals surface area (Å²) in [4.78, 5) is 30.3. The van der Waals surface area contributed by atoms with Crippen LogP contribution in [0.5, 0.6) is 11.5 Å². The maximum Gasteiger partial charge on any atom is 0.282 e. The second kappa shape index (κ2) is 9.83. The van der Waals surface area contributed by atoms with Crippen LogP contribution in [0.3, 0.4) is 0 Å². The van der Waals surface area contributed by atoms with Crippen LogP contribution in [0.25, 0.3) is 5.57 Å². The van der Waals surface area contributed by atoms with Gasteiger partial charge in [0.25, 0.3) is 11.8 Å². The van der Waals surface area contributed by atoms with Crippen molar-refractivity contribution in [2.75, 3.05) is 30.6 Å². The molecular formula is C28H28N2O4. The molecule has 2 amide bonds. The molecule has 174 valence electrons. The fourth-order valence-corrected chi connectivity index (χ4v) is 3.82. The van der Waals surface area contributed by atoms with Crippen LogP contribution in [0, 0.1) is 5.92 Å². The molecule has 0 N–H and O–H groups in total. The van der Waals surface area contributed by atoms with E-state index in [-0.39, 0.29) is 11.8 Å². The predicted molar refractivity (Wildman–Crippen MR) is 134 cm³/mol. The zero-order valence-corrected chi connectivity index (χ0v) is 19.8. The van der Waals surface area contributed by atoms with E-state index >= 15 is 0 Å². The van der Waals surface area contributed by atoms with Crippen molar-refractivity contribution in [3.8, 4) is 11.5 Å². The van der Waals surface area contributed by atoms with Gasteiger partial charge in [0.1, 0.15) is 17.2 Å². The standard InChI is InChI=1S/C28H28N2O4/c1-19(2)18-34-24-14-10-20(11-15-24)25-26(29(3)21-8-6-5-7-9-21)28(32)30(27(25)31)22-12-16-23(33-4)17-13-22/h5-17,19H,18H2,1-4H3. The van der Waals surface area contributed by atoms with Crippen LogP contribution < -0.4 is 19.3 Å². The van der Waals surface area contributed by atoms with Gasteiger partial charge in [0, 0.05) is 12.7 Å². The summed E-state index contributed by atoms with van der Waals surface area (Å²) in [5.74, 6) is 1.02. The average Bonchev–Trinajstić information content (AvgIpc) is 3.13. The number of hydrogen-bond acceptors (Lipinski definition) is 5. The number of benzene rings is 3. The molecule has 0 atom stereocenters. The Bertz CT molecular complexity index is 1200. The van der Waals surface area contributed by atoms with E-state index in [2.05, 4.69) is 13.8 Å².